The minimum Gasteiger partial charge on any atom is -0.303 e. The normalized spacial score (nSPS) is 11.1. The molecule has 0 unspecified atom stereocenters. The molecule has 1 amide bonds. The Bertz CT molecular complexity index is 354. The molecule has 0 aliphatic heterocycles. The van der Waals surface area contributed by atoms with Gasteiger partial charge in [-0.15, -0.1) is 0 Å². The molecule has 1 aromatic rings. The molecule has 1 aromatic heterocycles. The van der Waals surface area contributed by atoms with Crippen LogP contribution in [-0.2, 0) is 4.79 Å². The number of hydrogen-bond donors (Lipinski definition) is 1. The lowest BCUT2D eigenvalue weighted by molar-refractivity contribution is -0.167. The number of aromatic nitrogens is 2. The first-order chi connectivity index (χ1) is 6.39. The van der Waals surface area contributed by atoms with E-state index in [-0.39, 0.29) is 11.0 Å². The SMILES string of the molecule is O=C(Nc1cc(Cl)ncn1)C(F)(F)F. The molecular weight excluding hydrogens is 223 g/mol. The largest absolute Gasteiger partial charge is 0.471 e. The number of rotatable bonds is 1. The molecular formula is C6H3ClF3N3O. The van der Waals surface area contributed by atoms with Crippen LogP contribution >= 0.6 is 11.6 Å². The Labute approximate surface area is 81.1 Å². The second-order valence-corrected chi connectivity index (χ2v) is 2.57. The molecule has 14 heavy (non-hydrogen) atoms. The van der Waals surface area contributed by atoms with E-state index >= 15 is 0 Å². The average molecular weight is 226 g/mol. The number of nitrogens with zero attached hydrogens (tertiary/aromatic N) is 2. The van der Waals surface area contributed by atoms with Crippen molar-refractivity contribution in [1.29, 1.82) is 0 Å². The van der Waals surface area contributed by atoms with Gasteiger partial charge in [0.15, 0.2) is 0 Å². The maximum atomic E-state index is 11.7. The third-order valence-electron chi connectivity index (χ3n) is 1.13. The van der Waals surface area contributed by atoms with Crippen molar-refractivity contribution in [1.82, 2.24) is 9.97 Å². The maximum Gasteiger partial charge on any atom is 0.471 e. The minimum absolute atomic E-state index is 0.0579. The van der Waals surface area contributed by atoms with Crippen molar-refractivity contribution in [2.24, 2.45) is 0 Å². The Morgan fingerprint density at radius 3 is 2.57 bits per heavy atom. The summed E-state index contributed by atoms with van der Waals surface area (Å²) in [5, 5.41) is 1.47. The topological polar surface area (TPSA) is 54.9 Å². The van der Waals surface area contributed by atoms with Crippen LogP contribution in [-0.4, -0.2) is 22.1 Å². The fourth-order valence-corrected chi connectivity index (χ4v) is 0.736. The van der Waals surface area contributed by atoms with E-state index in [4.69, 9.17) is 11.6 Å². The summed E-state index contributed by atoms with van der Waals surface area (Å²) in [4.78, 5) is 17.2. The van der Waals surface area contributed by atoms with Gasteiger partial charge in [0.1, 0.15) is 17.3 Å². The first kappa shape index (κ1) is 10.7. The molecule has 0 spiro atoms. The van der Waals surface area contributed by atoms with Crippen molar-refractivity contribution in [2.75, 3.05) is 5.32 Å². The van der Waals surface area contributed by atoms with Gasteiger partial charge in [0.05, 0.1) is 0 Å². The van der Waals surface area contributed by atoms with E-state index in [1.807, 2.05) is 0 Å². The number of halogens is 4. The van der Waals surface area contributed by atoms with Crippen molar-refractivity contribution >= 4 is 23.3 Å². The van der Waals surface area contributed by atoms with Crippen molar-refractivity contribution < 1.29 is 18.0 Å². The third kappa shape index (κ3) is 2.84. The van der Waals surface area contributed by atoms with Gasteiger partial charge in [-0.25, -0.2) is 9.97 Å². The molecule has 0 atom stereocenters. The van der Waals surface area contributed by atoms with Crippen LogP contribution in [0, 0.1) is 0 Å². The molecule has 0 radical (unpaired) electrons. The van der Waals surface area contributed by atoms with Crippen LogP contribution in [0.15, 0.2) is 12.4 Å². The Morgan fingerprint density at radius 1 is 1.43 bits per heavy atom. The Hall–Kier alpha value is -1.37. The summed E-state index contributed by atoms with van der Waals surface area (Å²) in [5.74, 6) is -2.40. The van der Waals surface area contributed by atoms with Crippen LogP contribution in [0.1, 0.15) is 0 Å². The number of nitrogens with one attached hydrogen (secondary N) is 1. The summed E-state index contributed by atoms with van der Waals surface area (Å²) in [6, 6.07) is 1.01. The van der Waals surface area contributed by atoms with E-state index in [9.17, 15) is 18.0 Å². The molecule has 0 saturated heterocycles. The van der Waals surface area contributed by atoms with E-state index in [0.717, 1.165) is 12.4 Å². The fourth-order valence-electron chi connectivity index (χ4n) is 0.589. The summed E-state index contributed by atoms with van der Waals surface area (Å²) in [5.41, 5.74) is 0. The zero-order valence-corrected chi connectivity index (χ0v) is 7.23. The molecule has 76 valence electrons. The van der Waals surface area contributed by atoms with E-state index in [0.29, 0.717) is 0 Å². The van der Waals surface area contributed by atoms with Crippen LogP contribution in [0.4, 0.5) is 19.0 Å². The highest BCUT2D eigenvalue weighted by atomic mass is 35.5. The van der Waals surface area contributed by atoms with Crippen molar-refractivity contribution in [3.8, 4) is 0 Å². The monoisotopic (exact) mass is 225 g/mol. The third-order valence-corrected chi connectivity index (χ3v) is 1.34. The lowest BCUT2D eigenvalue weighted by Gasteiger charge is -2.06. The quantitative estimate of drug-likeness (QED) is 0.739. The number of anilines is 1. The second-order valence-electron chi connectivity index (χ2n) is 2.18. The number of hydrogen-bond acceptors (Lipinski definition) is 3. The summed E-state index contributed by atoms with van der Waals surface area (Å²) in [7, 11) is 0. The summed E-state index contributed by atoms with van der Waals surface area (Å²) in [6.07, 6.45) is -4.01. The van der Waals surface area contributed by atoms with Crippen molar-refractivity contribution in [2.45, 2.75) is 6.18 Å². The molecule has 0 fully saturated rings. The van der Waals surface area contributed by atoms with Crippen LogP contribution < -0.4 is 5.32 Å². The van der Waals surface area contributed by atoms with Gasteiger partial charge in [-0.1, -0.05) is 11.6 Å². The highest BCUT2D eigenvalue weighted by molar-refractivity contribution is 6.29. The number of carbonyl (C=O) groups excluding carboxylic acids is 1. The van der Waals surface area contributed by atoms with Gasteiger partial charge in [-0.3, -0.25) is 4.79 Å². The maximum absolute atomic E-state index is 11.7. The lowest BCUT2D eigenvalue weighted by atomic mass is 10.5. The van der Waals surface area contributed by atoms with Crippen molar-refractivity contribution in [3.05, 3.63) is 17.5 Å². The lowest BCUT2D eigenvalue weighted by Crippen LogP contribution is -2.30. The van der Waals surface area contributed by atoms with Crippen LogP contribution in [0.3, 0.4) is 0 Å². The first-order valence-corrected chi connectivity index (χ1v) is 3.63. The van der Waals surface area contributed by atoms with Gasteiger partial charge in [0.2, 0.25) is 0 Å². The van der Waals surface area contributed by atoms with Gasteiger partial charge >= 0.3 is 12.1 Å². The van der Waals surface area contributed by atoms with Gasteiger partial charge < -0.3 is 5.32 Å². The molecule has 1 N–H and O–H groups in total. The van der Waals surface area contributed by atoms with Gasteiger partial charge in [-0.05, 0) is 0 Å². The van der Waals surface area contributed by atoms with Gasteiger partial charge in [0.25, 0.3) is 0 Å². The molecule has 1 rings (SSSR count). The summed E-state index contributed by atoms with van der Waals surface area (Å²) < 4.78 is 35.2. The highest BCUT2D eigenvalue weighted by Crippen LogP contribution is 2.17. The number of alkyl halides is 3. The van der Waals surface area contributed by atoms with Crippen LogP contribution in [0.25, 0.3) is 0 Å². The van der Waals surface area contributed by atoms with E-state index in [2.05, 4.69) is 9.97 Å². The van der Waals surface area contributed by atoms with E-state index in [1.54, 1.807) is 0 Å². The smallest absolute Gasteiger partial charge is 0.303 e. The minimum atomic E-state index is -4.95. The second kappa shape index (κ2) is 3.79. The zero-order chi connectivity index (χ0) is 10.8. The molecule has 0 bridgehead atoms. The zero-order valence-electron chi connectivity index (χ0n) is 6.47. The number of amides is 1. The Balaban J connectivity index is 2.75. The standard InChI is InChI=1S/C6H3ClF3N3O/c7-3-1-4(12-2-11-3)13-5(14)6(8,9)10/h1-2H,(H,11,12,13,14). The fraction of sp³-hybridized carbons (Fsp3) is 0.167. The Morgan fingerprint density at radius 2 is 2.07 bits per heavy atom. The molecule has 0 saturated carbocycles. The van der Waals surface area contributed by atoms with Crippen LogP contribution in [0.2, 0.25) is 5.15 Å². The van der Waals surface area contributed by atoms with E-state index < -0.39 is 12.1 Å². The molecule has 0 aliphatic carbocycles. The predicted molar refractivity (Wildman–Crippen MR) is 41.7 cm³/mol. The van der Waals surface area contributed by atoms with E-state index in [1.165, 1.54) is 5.32 Å². The summed E-state index contributed by atoms with van der Waals surface area (Å²) >= 11 is 5.36. The average Bonchev–Trinajstić information content (AvgIpc) is 2.02. The summed E-state index contributed by atoms with van der Waals surface area (Å²) in [6.45, 7) is 0. The van der Waals surface area contributed by atoms with Gasteiger partial charge in [-0.2, -0.15) is 13.2 Å². The van der Waals surface area contributed by atoms with Crippen molar-refractivity contribution in [3.63, 3.8) is 0 Å². The number of carbonyl (C=O) groups is 1. The van der Waals surface area contributed by atoms with Crippen LogP contribution in [0.5, 0.6) is 0 Å². The molecule has 4 nitrogen and oxygen atoms in total. The molecule has 8 heteroatoms. The predicted octanol–water partition coefficient (Wildman–Crippen LogP) is 1.63. The first-order valence-electron chi connectivity index (χ1n) is 3.25. The van der Waals surface area contributed by atoms with Gasteiger partial charge in [0, 0.05) is 6.07 Å². The molecule has 0 aromatic carbocycles. The molecule has 0 aliphatic rings. The molecule has 1 heterocycles. The Kier molecular flexibility index (Phi) is 2.90. The highest BCUT2D eigenvalue weighted by Gasteiger charge is 2.38.